The van der Waals surface area contributed by atoms with E-state index in [1.807, 2.05) is 4.90 Å². The van der Waals surface area contributed by atoms with Gasteiger partial charge in [-0.2, -0.15) is 0 Å². The van der Waals surface area contributed by atoms with E-state index in [2.05, 4.69) is 5.32 Å². The van der Waals surface area contributed by atoms with Crippen molar-refractivity contribution in [2.24, 2.45) is 11.8 Å². The van der Waals surface area contributed by atoms with E-state index in [0.717, 1.165) is 45.2 Å². The Morgan fingerprint density at radius 2 is 1.50 bits per heavy atom. The summed E-state index contributed by atoms with van der Waals surface area (Å²) in [7, 11) is 0. The lowest BCUT2D eigenvalue weighted by Crippen LogP contribution is -2.37. The number of carbonyl (C=O) groups excluding carboxylic acids is 2. The standard InChI is InChI=1S/C16H26N2O2/c19-15(17-12-7-3-1-2-4-8-12)13-11-14(13)16(20)18-9-5-6-10-18/h12-14H,1-11H2,(H,17,19). The number of carbonyl (C=O) groups is 2. The van der Waals surface area contributed by atoms with Crippen LogP contribution in [0.15, 0.2) is 0 Å². The molecule has 3 aliphatic rings. The number of rotatable bonds is 3. The van der Waals surface area contributed by atoms with Crippen molar-refractivity contribution in [3.05, 3.63) is 0 Å². The molecule has 0 bridgehead atoms. The van der Waals surface area contributed by atoms with E-state index in [1.54, 1.807) is 0 Å². The zero-order valence-electron chi connectivity index (χ0n) is 12.3. The zero-order chi connectivity index (χ0) is 13.9. The third-order valence-corrected chi connectivity index (χ3v) is 5.06. The molecule has 2 aliphatic carbocycles. The Balaban J connectivity index is 1.45. The fourth-order valence-corrected chi connectivity index (χ4v) is 3.66. The molecular formula is C16H26N2O2. The van der Waals surface area contributed by atoms with Gasteiger partial charge in [-0.25, -0.2) is 0 Å². The molecule has 112 valence electrons. The van der Waals surface area contributed by atoms with Crippen LogP contribution in [0.4, 0.5) is 0 Å². The van der Waals surface area contributed by atoms with Gasteiger partial charge in [-0.3, -0.25) is 9.59 Å². The average molecular weight is 278 g/mol. The molecule has 1 saturated heterocycles. The molecule has 4 nitrogen and oxygen atoms in total. The van der Waals surface area contributed by atoms with Crippen LogP contribution < -0.4 is 5.32 Å². The average Bonchev–Trinajstić information content (AvgIpc) is 3.14. The van der Waals surface area contributed by atoms with Crippen LogP contribution in [-0.2, 0) is 9.59 Å². The molecule has 0 aromatic heterocycles. The molecule has 3 rings (SSSR count). The maximum atomic E-state index is 12.2. The Morgan fingerprint density at radius 1 is 0.850 bits per heavy atom. The molecule has 0 spiro atoms. The highest BCUT2D eigenvalue weighted by molar-refractivity contribution is 5.92. The first-order chi connectivity index (χ1) is 9.75. The van der Waals surface area contributed by atoms with E-state index in [4.69, 9.17) is 0 Å². The molecule has 0 aromatic carbocycles. The van der Waals surface area contributed by atoms with Crippen molar-refractivity contribution < 1.29 is 9.59 Å². The quantitative estimate of drug-likeness (QED) is 0.804. The van der Waals surface area contributed by atoms with Crippen LogP contribution in [0.5, 0.6) is 0 Å². The molecule has 0 aromatic rings. The highest BCUT2D eigenvalue weighted by Crippen LogP contribution is 2.41. The lowest BCUT2D eigenvalue weighted by atomic mass is 10.1. The van der Waals surface area contributed by atoms with E-state index in [0.29, 0.717) is 6.04 Å². The number of hydrogen-bond donors (Lipinski definition) is 1. The molecular weight excluding hydrogens is 252 g/mol. The van der Waals surface area contributed by atoms with Gasteiger partial charge in [0.1, 0.15) is 0 Å². The first-order valence-electron chi connectivity index (χ1n) is 8.35. The molecule has 4 heteroatoms. The Kier molecular flexibility index (Phi) is 4.27. The smallest absolute Gasteiger partial charge is 0.226 e. The number of hydrogen-bond acceptors (Lipinski definition) is 2. The predicted molar refractivity (Wildman–Crippen MR) is 77.0 cm³/mol. The van der Waals surface area contributed by atoms with E-state index < -0.39 is 0 Å². The molecule has 20 heavy (non-hydrogen) atoms. The van der Waals surface area contributed by atoms with Crippen LogP contribution >= 0.6 is 0 Å². The Morgan fingerprint density at radius 3 is 2.15 bits per heavy atom. The van der Waals surface area contributed by atoms with Crippen molar-refractivity contribution in [3.63, 3.8) is 0 Å². The van der Waals surface area contributed by atoms with E-state index in [9.17, 15) is 9.59 Å². The summed E-state index contributed by atoms with van der Waals surface area (Å²) in [6, 6.07) is 0.355. The summed E-state index contributed by atoms with van der Waals surface area (Å²) in [4.78, 5) is 26.4. The summed E-state index contributed by atoms with van der Waals surface area (Å²) >= 11 is 0. The number of amides is 2. The summed E-state index contributed by atoms with van der Waals surface area (Å²) in [5.41, 5.74) is 0. The van der Waals surface area contributed by atoms with Gasteiger partial charge in [0.05, 0.1) is 11.8 Å². The Labute approximate surface area is 121 Å². The highest BCUT2D eigenvalue weighted by atomic mass is 16.2. The lowest BCUT2D eigenvalue weighted by Gasteiger charge is -2.17. The summed E-state index contributed by atoms with van der Waals surface area (Å²) in [6.07, 6.45) is 10.3. The summed E-state index contributed by atoms with van der Waals surface area (Å²) in [5.74, 6) is 0.309. The minimum Gasteiger partial charge on any atom is -0.353 e. The van der Waals surface area contributed by atoms with Gasteiger partial charge in [-0.1, -0.05) is 25.7 Å². The van der Waals surface area contributed by atoms with Gasteiger partial charge < -0.3 is 10.2 Å². The minimum atomic E-state index is -0.0358. The number of nitrogens with one attached hydrogen (secondary N) is 1. The van der Waals surface area contributed by atoms with Crippen molar-refractivity contribution in [3.8, 4) is 0 Å². The molecule has 2 amide bonds. The van der Waals surface area contributed by atoms with Crippen LogP contribution in [0, 0.1) is 11.8 Å². The van der Waals surface area contributed by atoms with Crippen LogP contribution in [0.25, 0.3) is 0 Å². The Bertz CT molecular complexity index is 369. The van der Waals surface area contributed by atoms with Crippen molar-refractivity contribution in [1.82, 2.24) is 10.2 Å². The zero-order valence-corrected chi connectivity index (χ0v) is 12.3. The predicted octanol–water partition coefficient (Wildman–Crippen LogP) is 2.08. The molecule has 3 fully saturated rings. The second-order valence-corrected chi connectivity index (χ2v) is 6.68. The molecule has 1 heterocycles. The van der Waals surface area contributed by atoms with Gasteiger partial charge in [0.2, 0.25) is 11.8 Å². The number of likely N-dealkylation sites (tertiary alicyclic amines) is 1. The summed E-state index contributed by atoms with van der Waals surface area (Å²) in [6.45, 7) is 1.79. The van der Waals surface area contributed by atoms with Crippen LogP contribution in [0.2, 0.25) is 0 Å². The molecule has 1 N–H and O–H groups in total. The van der Waals surface area contributed by atoms with Crippen LogP contribution in [-0.4, -0.2) is 35.8 Å². The van der Waals surface area contributed by atoms with Gasteiger partial charge in [-0.05, 0) is 32.1 Å². The monoisotopic (exact) mass is 278 g/mol. The molecule has 2 saturated carbocycles. The van der Waals surface area contributed by atoms with E-state index in [1.165, 1.54) is 25.7 Å². The SMILES string of the molecule is O=C(NC1CCCCCC1)C1CC1C(=O)N1CCCC1. The van der Waals surface area contributed by atoms with Gasteiger partial charge in [0.15, 0.2) is 0 Å². The summed E-state index contributed by atoms with van der Waals surface area (Å²) in [5, 5.41) is 3.19. The lowest BCUT2D eigenvalue weighted by molar-refractivity contribution is -0.134. The molecule has 2 unspecified atom stereocenters. The second kappa shape index (κ2) is 6.15. The molecule has 1 aliphatic heterocycles. The van der Waals surface area contributed by atoms with Crippen LogP contribution in [0.3, 0.4) is 0 Å². The van der Waals surface area contributed by atoms with Gasteiger partial charge in [0, 0.05) is 19.1 Å². The maximum Gasteiger partial charge on any atom is 0.226 e. The largest absolute Gasteiger partial charge is 0.353 e. The molecule has 2 atom stereocenters. The number of nitrogens with zero attached hydrogens (tertiary/aromatic N) is 1. The fourth-order valence-electron chi connectivity index (χ4n) is 3.66. The fraction of sp³-hybridized carbons (Fsp3) is 0.875. The first-order valence-corrected chi connectivity index (χ1v) is 8.35. The van der Waals surface area contributed by atoms with E-state index in [-0.39, 0.29) is 23.7 Å². The van der Waals surface area contributed by atoms with Gasteiger partial charge in [0.25, 0.3) is 0 Å². The minimum absolute atomic E-state index is 0.0149. The van der Waals surface area contributed by atoms with Crippen molar-refractivity contribution in [2.75, 3.05) is 13.1 Å². The second-order valence-electron chi connectivity index (χ2n) is 6.68. The first kappa shape index (κ1) is 13.9. The van der Waals surface area contributed by atoms with Crippen molar-refractivity contribution >= 4 is 11.8 Å². The van der Waals surface area contributed by atoms with Crippen LogP contribution in [0.1, 0.15) is 57.8 Å². The van der Waals surface area contributed by atoms with E-state index >= 15 is 0 Å². The third kappa shape index (κ3) is 3.15. The van der Waals surface area contributed by atoms with Gasteiger partial charge >= 0.3 is 0 Å². The van der Waals surface area contributed by atoms with Crippen molar-refractivity contribution in [1.29, 1.82) is 0 Å². The normalized spacial score (nSPS) is 30.9. The molecule has 0 radical (unpaired) electrons. The summed E-state index contributed by atoms with van der Waals surface area (Å²) < 4.78 is 0. The third-order valence-electron chi connectivity index (χ3n) is 5.06. The maximum absolute atomic E-state index is 12.2. The Hall–Kier alpha value is -1.06. The van der Waals surface area contributed by atoms with Gasteiger partial charge in [-0.15, -0.1) is 0 Å². The van der Waals surface area contributed by atoms with Crippen molar-refractivity contribution in [2.45, 2.75) is 63.8 Å². The topological polar surface area (TPSA) is 49.4 Å². The highest BCUT2D eigenvalue weighted by Gasteiger charge is 2.49.